The molecule has 27 heavy (non-hydrogen) atoms. The Morgan fingerprint density at radius 2 is 1.67 bits per heavy atom. The normalized spacial score (nSPS) is 30.8. The van der Waals surface area contributed by atoms with Crippen LogP contribution in [0.15, 0.2) is 12.2 Å². The fraction of sp³-hybridized carbons (Fsp3) is 0.842. The van der Waals surface area contributed by atoms with E-state index in [0.29, 0.717) is 12.8 Å². The zero-order chi connectivity index (χ0) is 20.9. The van der Waals surface area contributed by atoms with Crippen molar-refractivity contribution in [2.45, 2.75) is 77.2 Å². The van der Waals surface area contributed by atoms with Crippen LogP contribution in [0.2, 0.25) is 0 Å². The highest BCUT2D eigenvalue weighted by molar-refractivity contribution is 5.83. The van der Waals surface area contributed by atoms with Gasteiger partial charge in [0.1, 0.15) is 5.78 Å². The predicted octanol–water partition coefficient (Wildman–Crippen LogP) is 5.60. The molecule has 2 nitrogen and oxygen atoms in total. The minimum absolute atomic E-state index is 0.00812. The van der Waals surface area contributed by atoms with E-state index >= 15 is 0 Å². The number of hydrogen-bond donors (Lipinski definition) is 1. The Hall–Kier alpha value is -1.05. The van der Waals surface area contributed by atoms with Gasteiger partial charge in [0.15, 0.2) is 0 Å². The third-order valence-corrected chi connectivity index (χ3v) is 6.67. The Bertz CT molecular complexity index is 590. The maximum absolute atomic E-state index is 12.8. The van der Waals surface area contributed by atoms with E-state index < -0.39 is 23.4 Å². The summed E-state index contributed by atoms with van der Waals surface area (Å²) in [6, 6.07) is 0. The molecule has 1 unspecified atom stereocenters. The molecular weight excluding hydrogens is 374 g/mol. The van der Waals surface area contributed by atoms with E-state index in [-0.39, 0.29) is 35.5 Å². The monoisotopic (exact) mass is 400 g/mol. The molecule has 2 fully saturated rings. The number of rotatable bonds is 4. The molecule has 2 rings (SSSR count). The molecule has 0 spiro atoms. The van der Waals surface area contributed by atoms with Crippen LogP contribution in [0.5, 0.6) is 0 Å². The molecule has 0 aromatic carbocycles. The van der Waals surface area contributed by atoms with E-state index in [1.54, 1.807) is 13.8 Å². The molecule has 8 heteroatoms. The number of carbonyl (C=O) groups is 1. The van der Waals surface area contributed by atoms with Gasteiger partial charge < -0.3 is 5.11 Å². The summed E-state index contributed by atoms with van der Waals surface area (Å²) in [5, 5.41) is 9.24. The lowest BCUT2D eigenvalue weighted by atomic mass is 9.58. The van der Waals surface area contributed by atoms with Crippen LogP contribution in [0.25, 0.3) is 0 Å². The molecule has 2 saturated carbocycles. The number of allylic oxidation sites excluding steroid dienone is 1. The summed E-state index contributed by atoms with van der Waals surface area (Å²) >= 11 is 0. The van der Waals surface area contributed by atoms with Crippen molar-refractivity contribution in [1.29, 1.82) is 0 Å². The Morgan fingerprint density at radius 3 is 2.19 bits per heavy atom. The zero-order valence-electron chi connectivity index (χ0n) is 15.7. The first-order valence-corrected chi connectivity index (χ1v) is 9.12. The molecule has 2 aliphatic carbocycles. The maximum atomic E-state index is 12.8. The van der Waals surface area contributed by atoms with Crippen molar-refractivity contribution in [1.82, 2.24) is 0 Å². The Labute approximate surface area is 155 Å². The minimum Gasteiger partial charge on any atom is -0.370 e. The van der Waals surface area contributed by atoms with Gasteiger partial charge in [-0.25, -0.2) is 0 Å². The summed E-state index contributed by atoms with van der Waals surface area (Å²) in [6.07, 6.45) is -7.61. The first kappa shape index (κ1) is 22.2. The van der Waals surface area contributed by atoms with Crippen LogP contribution in [0.1, 0.15) is 59.3 Å². The number of ketones is 1. The van der Waals surface area contributed by atoms with E-state index in [4.69, 9.17) is 0 Å². The number of carbonyl (C=O) groups excluding carboxylic acids is 1. The minimum atomic E-state index is -5.86. The summed E-state index contributed by atoms with van der Waals surface area (Å²) in [7, 11) is 0. The van der Waals surface area contributed by atoms with Gasteiger partial charge in [-0.2, -0.15) is 26.3 Å². The first-order chi connectivity index (χ1) is 12.1. The summed E-state index contributed by atoms with van der Waals surface area (Å²) < 4.78 is 76.7. The number of aliphatic hydroxyl groups is 1. The Balaban J connectivity index is 2.21. The van der Waals surface area contributed by atoms with Gasteiger partial charge in [-0.3, -0.25) is 4.79 Å². The Morgan fingerprint density at radius 1 is 1.11 bits per heavy atom. The molecular formula is C19H26F6O2. The van der Waals surface area contributed by atoms with Gasteiger partial charge in [0.25, 0.3) is 5.60 Å². The predicted molar refractivity (Wildman–Crippen MR) is 87.8 cm³/mol. The van der Waals surface area contributed by atoms with Gasteiger partial charge in [-0.05, 0) is 54.9 Å². The number of halogens is 6. The van der Waals surface area contributed by atoms with Crippen molar-refractivity contribution in [2.24, 2.45) is 22.7 Å². The number of alkyl halides is 6. The highest BCUT2D eigenvalue weighted by atomic mass is 19.4. The van der Waals surface area contributed by atoms with Crippen LogP contribution in [-0.2, 0) is 4.79 Å². The van der Waals surface area contributed by atoms with E-state index in [1.807, 2.05) is 6.92 Å². The van der Waals surface area contributed by atoms with E-state index in [2.05, 4.69) is 0 Å². The van der Waals surface area contributed by atoms with Crippen molar-refractivity contribution < 1.29 is 36.2 Å². The van der Waals surface area contributed by atoms with Crippen molar-refractivity contribution in [3.05, 3.63) is 12.2 Å². The quantitative estimate of drug-likeness (QED) is 0.493. The van der Waals surface area contributed by atoms with Crippen LogP contribution in [0, 0.1) is 22.7 Å². The third-order valence-electron chi connectivity index (χ3n) is 6.67. The molecule has 0 aromatic heterocycles. The molecule has 0 aliphatic heterocycles. The number of Topliss-reactive ketones (excluding diaryl/α,β-unsaturated/α-hetero) is 1. The highest BCUT2D eigenvalue weighted by Gasteiger charge is 2.69. The molecule has 0 bridgehead atoms. The molecule has 156 valence electrons. The zero-order valence-corrected chi connectivity index (χ0v) is 15.7. The summed E-state index contributed by atoms with van der Waals surface area (Å²) in [4.78, 5) is 12.2. The molecule has 0 aromatic rings. The van der Waals surface area contributed by atoms with Gasteiger partial charge >= 0.3 is 12.4 Å². The molecule has 0 saturated heterocycles. The molecule has 0 amide bonds. The maximum Gasteiger partial charge on any atom is 0.429 e. The van der Waals surface area contributed by atoms with Gasteiger partial charge in [0, 0.05) is 12.3 Å². The summed E-state index contributed by atoms with van der Waals surface area (Å²) in [5.41, 5.74) is -5.74. The second kappa shape index (κ2) is 6.78. The molecule has 0 radical (unpaired) electrons. The van der Waals surface area contributed by atoms with Gasteiger partial charge in [0.05, 0.1) is 0 Å². The Kier molecular flexibility index (Phi) is 5.58. The summed E-state index contributed by atoms with van der Waals surface area (Å²) in [5.74, 6) is 0.136. The van der Waals surface area contributed by atoms with Crippen molar-refractivity contribution in [2.75, 3.05) is 0 Å². The molecule has 3 atom stereocenters. The van der Waals surface area contributed by atoms with Gasteiger partial charge in [-0.15, -0.1) is 0 Å². The van der Waals surface area contributed by atoms with E-state index in [9.17, 15) is 36.2 Å². The van der Waals surface area contributed by atoms with Crippen LogP contribution < -0.4 is 0 Å². The fourth-order valence-corrected chi connectivity index (χ4v) is 5.24. The SMILES string of the molecule is CC(C)(C/C=C\C(O)(C(F)(F)F)C(F)(F)F)C1CC[C@H]2C(=O)CCC[C@]12C. The van der Waals surface area contributed by atoms with Crippen molar-refractivity contribution in [3.63, 3.8) is 0 Å². The van der Waals surface area contributed by atoms with Crippen LogP contribution in [-0.4, -0.2) is 28.8 Å². The lowest BCUT2D eigenvalue weighted by Crippen LogP contribution is -2.55. The average Bonchev–Trinajstić information content (AvgIpc) is 2.84. The van der Waals surface area contributed by atoms with Gasteiger partial charge in [-0.1, -0.05) is 26.8 Å². The second-order valence-electron chi connectivity index (χ2n) is 8.87. The topological polar surface area (TPSA) is 37.3 Å². The lowest BCUT2D eigenvalue weighted by Gasteiger charge is -2.46. The highest BCUT2D eigenvalue weighted by Crippen LogP contribution is 2.60. The first-order valence-electron chi connectivity index (χ1n) is 9.12. The fourth-order valence-electron chi connectivity index (χ4n) is 5.24. The van der Waals surface area contributed by atoms with Crippen molar-refractivity contribution >= 4 is 5.78 Å². The number of hydrogen-bond acceptors (Lipinski definition) is 2. The smallest absolute Gasteiger partial charge is 0.370 e. The second-order valence-corrected chi connectivity index (χ2v) is 8.87. The third kappa shape index (κ3) is 3.78. The van der Waals surface area contributed by atoms with E-state index in [0.717, 1.165) is 25.3 Å². The summed E-state index contributed by atoms with van der Waals surface area (Å²) in [6.45, 7) is 5.61. The lowest BCUT2D eigenvalue weighted by molar-refractivity contribution is -0.347. The molecule has 1 N–H and O–H groups in total. The standard InChI is InChI=1S/C19H26F6O2/c1-15(2,9-5-11-17(27,18(20,21)22)19(23,24)25)14-8-7-12-13(26)6-4-10-16(12,14)3/h5,11-12,14,27H,4,6-10H2,1-3H3/b11-5-/t12-,14?,16-/m0/s1. The van der Waals surface area contributed by atoms with Crippen LogP contribution in [0.3, 0.4) is 0 Å². The molecule has 0 heterocycles. The number of fused-ring (bicyclic) bond motifs is 1. The molecule has 2 aliphatic rings. The van der Waals surface area contributed by atoms with Gasteiger partial charge in [0.2, 0.25) is 0 Å². The van der Waals surface area contributed by atoms with Crippen LogP contribution in [0.4, 0.5) is 26.3 Å². The average molecular weight is 400 g/mol. The van der Waals surface area contributed by atoms with Crippen molar-refractivity contribution in [3.8, 4) is 0 Å². The van der Waals surface area contributed by atoms with E-state index in [1.165, 1.54) is 0 Å². The van der Waals surface area contributed by atoms with Crippen LogP contribution >= 0.6 is 0 Å². The largest absolute Gasteiger partial charge is 0.429 e.